The molecule has 24 heavy (non-hydrogen) atoms. The van der Waals surface area contributed by atoms with Crippen molar-refractivity contribution >= 4 is 11.3 Å². The van der Waals surface area contributed by atoms with E-state index in [1.807, 2.05) is 18.2 Å². The molecule has 3 rings (SSSR count). The second-order valence-electron chi connectivity index (χ2n) is 5.97. The lowest BCUT2D eigenvalue weighted by atomic mass is 10.1. The number of benzene rings is 1. The van der Waals surface area contributed by atoms with Crippen LogP contribution in [-0.2, 0) is 6.54 Å². The molecule has 2 heterocycles. The maximum atomic E-state index is 4.71. The van der Waals surface area contributed by atoms with Crippen molar-refractivity contribution in [1.29, 1.82) is 0 Å². The van der Waals surface area contributed by atoms with Crippen LogP contribution in [0, 0.1) is 0 Å². The summed E-state index contributed by atoms with van der Waals surface area (Å²) in [6, 6.07) is 16.7. The van der Waals surface area contributed by atoms with Crippen molar-refractivity contribution in [1.82, 2.24) is 20.2 Å². The van der Waals surface area contributed by atoms with Crippen LogP contribution in [0.3, 0.4) is 0 Å². The molecule has 3 aromatic rings. The Bertz CT molecular complexity index is 740. The molecule has 2 aromatic heterocycles. The van der Waals surface area contributed by atoms with E-state index in [2.05, 4.69) is 65.0 Å². The molecule has 0 amide bonds. The molecule has 0 fully saturated rings. The minimum Gasteiger partial charge on any atom is -0.308 e. The van der Waals surface area contributed by atoms with Crippen LogP contribution < -0.4 is 5.32 Å². The number of thiazole rings is 1. The molecule has 1 unspecified atom stereocenters. The molecule has 1 aromatic carbocycles. The van der Waals surface area contributed by atoms with Crippen molar-refractivity contribution < 1.29 is 0 Å². The van der Waals surface area contributed by atoms with Gasteiger partial charge < -0.3 is 10.2 Å². The second-order valence-corrected chi connectivity index (χ2v) is 6.82. The van der Waals surface area contributed by atoms with Gasteiger partial charge in [-0.25, -0.2) is 4.98 Å². The van der Waals surface area contributed by atoms with Crippen molar-refractivity contribution in [3.8, 4) is 10.7 Å². The van der Waals surface area contributed by atoms with Crippen LogP contribution in [-0.4, -0.2) is 35.5 Å². The fourth-order valence-electron chi connectivity index (χ4n) is 2.56. The van der Waals surface area contributed by atoms with Crippen molar-refractivity contribution in [3.05, 3.63) is 71.4 Å². The molecule has 4 nitrogen and oxygen atoms in total. The fourth-order valence-corrected chi connectivity index (χ4v) is 3.36. The zero-order valence-electron chi connectivity index (χ0n) is 14.0. The summed E-state index contributed by atoms with van der Waals surface area (Å²) in [5.74, 6) is 0. The molecule has 0 spiro atoms. The van der Waals surface area contributed by atoms with Gasteiger partial charge in [0.1, 0.15) is 5.01 Å². The van der Waals surface area contributed by atoms with E-state index >= 15 is 0 Å². The molecule has 0 saturated carbocycles. The molecule has 0 aliphatic carbocycles. The standard InChI is InChI=1S/C19H22N4S/c1-23(2)13-18(15-8-4-3-5-9-15)21-12-16-14-24-19(22-16)17-10-6-7-11-20-17/h3-11,14,18,21H,12-13H2,1-2H3. The van der Waals surface area contributed by atoms with E-state index < -0.39 is 0 Å². The highest BCUT2D eigenvalue weighted by Crippen LogP contribution is 2.22. The zero-order valence-corrected chi connectivity index (χ0v) is 14.8. The van der Waals surface area contributed by atoms with Crippen LogP contribution in [0.5, 0.6) is 0 Å². The average molecular weight is 338 g/mol. The monoisotopic (exact) mass is 338 g/mol. The highest BCUT2D eigenvalue weighted by molar-refractivity contribution is 7.13. The van der Waals surface area contributed by atoms with Gasteiger partial charge in [-0.05, 0) is 31.8 Å². The van der Waals surface area contributed by atoms with Gasteiger partial charge in [0.2, 0.25) is 0 Å². The fraction of sp³-hybridized carbons (Fsp3) is 0.263. The van der Waals surface area contributed by atoms with Gasteiger partial charge in [0.15, 0.2) is 0 Å². The summed E-state index contributed by atoms with van der Waals surface area (Å²) in [6.07, 6.45) is 1.80. The van der Waals surface area contributed by atoms with Crippen molar-refractivity contribution in [2.24, 2.45) is 0 Å². The van der Waals surface area contributed by atoms with Gasteiger partial charge in [-0.1, -0.05) is 36.4 Å². The lowest BCUT2D eigenvalue weighted by Crippen LogP contribution is -2.31. The number of pyridine rings is 1. The average Bonchev–Trinajstić information content (AvgIpc) is 3.09. The Morgan fingerprint density at radius 3 is 2.58 bits per heavy atom. The minimum absolute atomic E-state index is 0.279. The molecule has 0 saturated heterocycles. The molecule has 0 bridgehead atoms. The van der Waals surface area contributed by atoms with E-state index in [1.54, 1.807) is 17.5 Å². The third-order valence-corrected chi connectivity index (χ3v) is 4.63. The first kappa shape index (κ1) is 16.8. The van der Waals surface area contributed by atoms with E-state index in [-0.39, 0.29) is 6.04 Å². The van der Waals surface area contributed by atoms with E-state index in [9.17, 15) is 0 Å². The summed E-state index contributed by atoms with van der Waals surface area (Å²) in [5.41, 5.74) is 3.29. The summed E-state index contributed by atoms with van der Waals surface area (Å²) >= 11 is 1.64. The Labute approximate surface area is 147 Å². The molecular weight excluding hydrogens is 316 g/mol. The van der Waals surface area contributed by atoms with Crippen molar-refractivity contribution in [3.63, 3.8) is 0 Å². The maximum Gasteiger partial charge on any atom is 0.142 e. The minimum atomic E-state index is 0.279. The van der Waals surface area contributed by atoms with Crippen LogP contribution in [0.4, 0.5) is 0 Å². The Hall–Kier alpha value is -2.08. The summed E-state index contributed by atoms with van der Waals surface area (Å²) in [4.78, 5) is 11.3. The lowest BCUT2D eigenvalue weighted by molar-refractivity contribution is 0.340. The Balaban J connectivity index is 1.68. The molecule has 0 aliphatic rings. The first-order chi connectivity index (χ1) is 11.7. The van der Waals surface area contributed by atoms with Gasteiger partial charge in [-0.15, -0.1) is 11.3 Å². The van der Waals surface area contributed by atoms with Gasteiger partial charge in [-0.2, -0.15) is 0 Å². The van der Waals surface area contributed by atoms with Gasteiger partial charge in [0.25, 0.3) is 0 Å². The van der Waals surface area contributed by atoms with Crippen LogP contribution in [0.1, 0.15) is 17.3 Å². The van der Waals surface area contributed by atoms with Gasteiger partial charge in [0.05, 0.1) is 11.4 Å². The summed E-state index contributed by atoms with van der Waals surface area (Å²) < 4.78 is 0. The number of nitrogens with one attached hydrogen (secondary N) is 1. The predicted octanol–water partition coefficient (Wildman–Crippen LogP) is 3.60. The smallest absolute Gasteiger partial charge is 0.142 e. The first-order valence-electron chi connectivity index (χ1n) is 8.01. The number of hydrogen-bond donors (Lipinski definition) is 1. The number of hydrogen-bond acceptors (Lipinski definition) is 5. The summed E-state index contributed by atoms with van der Waals surface area (Å²) in [6.45, 7) is 1.69. The molecule has 0 radical (unpaired) electrons. The predicted molar refractivity (Wildman–Crippen MR) is 99.9 cm³/mol. The van der Waals surface area contributed by atoms with E-state index in [4.69, 9.17) is 4.98 Å². The van der Waals surface area contributed by atoms with Gasteiger partial charge >= 0.3 is 0 Å². The topological polar surface area (TPSA) is 41.0 Å². The third-order valence-electron chi connectivity index (χ3n) is 3.72. The molecule has 124 valence electrons. The molecular formula is C19H22N4S. The van der Waals surface area contributed by atoms with Gasteiger partial charge in [0, 0.05) is 30.7 Å². The van der Waals surface area contributed by atoms with Crippen LogP contribution in [0.15, 0.2) is 60.1 Å². The van der Waals surface area contributed by atoms with Gasteiger partial charge in [-0.3, -0.25) is 4.98 Å². The van der Waals surface area contributed by atoms with Crippen molar-refractivity contribution in [2.75, 3.05) is 20.6 Å². The lowest BCUT2D eigenvalue weighted by Gasteiger charge is -2.22. The number of rotatable bonds is 7. The quantitative estimate of drug-likeness (QED) is 0.715. The number of aromatic nitrogens is 2. The van der Waals surface area contributed by atoms with Crippen LogP contribution in [0.25, 0.3) is 10.7 Å². The zero-order chi connectivity index (χ0) is 16.8. The van der Waals surface area contributed by atoms with E-state index in [0.29, 0.717) is 0 Å². The Kier molecular flexibility index (Phi) is 5.69. The Morgan fingerprint density at radius 2 is 1.88 bits per heavy atom. The third kappa shape index (κ3) is 4.47. The van der Waals surface area contributed by atoms with Crippen LogP contribution in [0.2, 0.25) is 0 Å². The number of nitrogens with zero attached hydrogens (tertiary/aromatic N) is 3. The van der Waals surface area contributed by atoms with Crippen molar-refractivity contribution in [2.45, 2.75) is 12.6 Å². The largest absolute Gasteiger partial charge is 0.308 e. The number of likely N-dealkylation sites (N-methyl/N-ethyl adjacent to an activating group) is 1. The summed E-state index contributed by atoms with van der Waals surface area (Å²) in [7, 11) is 4.19. The van der Waals surface area contributed by atoms with E-state index in [1.165, 1.54) is 5.56 Å². The SMILES string of the molecule is CN(C)CC(NCc1csc(-c2ccccn2)n1)c1ccccc1. The summed E-state index contributed by atoms with van der Waals surface area (Å²) in [5, 5.41) is 6.71. The first-order valence-corrected chi connectivity index (χ1v) is 8.89. The normalized spacial score (nSPS) is 12.5. The van der Waals surface area contributed by atoms with Crippen LogP contribution >= 0.6 is 11.3 Å². The Morgan fingerprint density at radius 1 is 1.08 bits per heavy atom. The molecule has 1 N–H and O–H groups in total. The van der Waals surface area contributed by atoms with E-state index in [0.717, 1.165) is 29.5 Å². The maximum absolute atomic E-state index is 4.71. The highest BCUT2D eigenvalue weighted by Gasteiger charge is 2.13. The molecule has 5 heteroatoms. The molecule has 1 atom stereocenters. The second kappa shape index (κ2) is 8.15. The molecule has 0 aliphatic heterocycles. The highest BCUT2D eigenvalue weighted by atomic mass is 32.1.